The molecule has 0 aliphatic carbocycles. The van der Waals surface area contributed by atoms with Gasteiger partial charge in [-0.15, -0.1) is 0 Å². The topological polar surface area (TPSA) is 175 Å². The zero-order valence-corrected chi connectivity index (χ0v) is 47.0. The van der Waals surface area contributed by atoms with E-state index in [0.29, 0.717) is 19.3 Å². The van der Waals surface area contributed by atoms with Crippen molar-refractivity contribution in [3.63, 3.8) is 0 Å². The second-order valence-electron chi connectivity index (χ2n) is 19.9. The fraction of sp³-hybridized carbons (Fsp3) is 0.714. The lowest BCUT2D eigenvalue weighted by Crippen LogP contribution is -2.61. The maximum absolute atomic E-state index is 13.1. The Morgan fingerprint density at radius 3 is 1.28 bits per heavy atom. The van der Waals surface area contributed by atoms with Crippen LogP contribution in [0.4, 0.5) is 0 Å². The molecule has 0 spiro atoms. The Morgan fingerprint density at radius 2 is 0.840 bits per heavy atom. The molecule has 0 radical (unpaired) electrons. The summed E-state index contributed by atoms with van der Waals surface area (Å²) in [7, 11) is 0. The van der Waals surface area contributed by atoms with Gasteiger partial charge < -0.3 is 39.0 Å². The average Bonchev–Trinajstić information content (AvgIpc) is 3.39. The van der Waals surface area contributed by atoms with Gasteiger partial charge in [0, 0.05) is 19.3 Å². The van der Waals surface area contributed by atoms with Crippen LogP contribution in [0, 0.1) is 0 Å². The van der Waals surface area contributed by atoms with Gasteiger partial charge in [-0.05, 0) is 89.9 Å². The number of rotatable bonds is 49. The monoisotopic (exact) mass is 1050 g/mol. The number of unbranched alkanes of at least 4 members (excludes halogenated alkanes) is 21. The summed E-state index contributed by atoms with van der Waals surface area (Å²) in [6.07, 6.45) is 52.7. The van der Waals surface area contributed by atoms with Crippen LogP contribution >= 0.6 is 0 Å². The summed E-state index contributed by atoms with van der Waals surface area (Å²) in [4.78, 5) is 51.1. The minimum Gasteiger partial charge on any atom is -0.479 e. The van der Waals surface area contributed by atoms with Crippen molar-refractivity contribution in [1.82, 2.24) is 0 Å². The van der Waals surface area contributed by atoms with E-state index in [1.165, 1.54) is 38.5 Å². The van der Waals surface area contributed by atoms with Crippen LogP contribution in [0.3, 0.4) is 0 Å². The van der Waals surface area contributed by atoms with Crippen molar-refractivity contribution >= 4 is 23.9 Å². The molecule has 6 unspecified atom stereocenters. The number of hydrogen-bond donors (Lipinski definition) is 3. The molecule has 0 aromatic rings. The van der Waals surface area contributed by atoms with Gasteiger partial charge in [-0.25, -0.2) is 4.79 Å². The number of carbonyl (C=O) groups is 4. The average molecular weight is 1050 g/mol. The zero-order chi connectivity index (χ0) is 54.7. The lowest BCUT2D eigenvalue weighted by molar-refractivity contribution is -0.301. The van der Waals surface area contributed by atoms with Gasteiger partial charge in [0.25, 0.3) is 0 Å². The van der Waals surface area contributed by atoms with Crippen molar-refractivity contribution in [2.75, 3.05) is 13.2 Å². The van der Waals surface area contributed by atoms with E-state index in [1.54, 1.807) is 0 Å². The fourth-order valence-corrected chi connectivity index (χ4v) is 8.49. The Kier molecular flexibility index (Phi) is 46.6. The Balaban J connectivity index is 2.70. The predicted octanol–water partition coefficient (Wildman–Crippen LogP) is 15.1. The summed E-state index contributed by atoms with van der Waals surface area (Å²) in [5.41, 5.74) is 0. The maximum Gasteiger partial charge on any atom is 0.335 e. The number of allylic oxidation sites excluding steroid dienone is 14. The molecule has 0 bridgehead atoms. The van der Waals surface area contributed by atoms with E-state index in [2.05, 4.69) is 106 Å². The van der Waals surface area contributed by atoms with Gasteiger partial charge in [-0.3, -0.25) is 14.4 Å². The van der Waals surface area contributed by atoms with Crippen molar-refractivity contribution in [2.45, 2.75) is 276 Å². The second kappa shape index (κ2) is 50.7. The SMILES string of the molecule is CC/C=C\C/C=C\C/C=C\C/C=C\CCCCCCCCC(=O)OCC(COC1OC(C(=O)O)C(O)C(O)C1OC(=O)CCCCCCCCCCCCC)OC(=O)CCCCCCC/C=C\C/C=C\C/C=C\CC. The van der Waals surface area contributed by atoms with Crippen molar-refractivity contribution < 1.29 is 58.2 Å². The van der Waals surface area contributed by atoms with Gasteiger partial charge >= 0.3 is 23.9 Å². The number of aliphatic hydroxyl groups excluding tert-OH is 2. The molecule has 1 rings (SSSR count). The molecule has 1 aliphatic rings. The van der Waals surface area contributed by atoms with Crippen molar-refractivity contribution in [3.8, 4) is 0 Å². The highest BCUT2D eigenvalue weighted by Gasteiger charge is 2.50. The number of hydrogen-bond acceptors (Lipinski definition) is 11. The van der Waals surface area contributed by atoms with Gasteiger partial charge in [0.05, 0.1) is 6.61 Å². The lowest BCUT2D eigenvalue weighted by atomic mass is 9.98. The lowest BCUT2D eigenvalue weighted by Gasteiger charge is -2.40. The third-order valence-electron chi connectivity index (χ3n) is 13.0. The van der Waals surface area contributed by atoms with Crippen LogP contribution in [-0.4, -0.2) is 89.2 Å². The largest absolute Gasteiger partial charge is 0.479 e. The fourth-order valence-electron chi connectivity index (χ4n) is 8.49. The minimum absolute atomic E-state index is 0.0563. The molecule has 6 atom stereocenters. The first kappa shape index (κ1) is 68.9. The van der Waals surface area contributed by atoms with Crippen LogP contribution in [0.5, 0.6) is 0 Å². The summed E-state index contributed by atoms with van der Waals surface area (Å²) in [5, 5.41) is 31.4. The Labute approximate surface area is 454 Å². The van der Waals surface area contributed by atoms with Crippen molar-refractivity contribution in [1.29, 1.82) is 0 Å². The molecule has 1 heterocycles. The highest BCUT2D eigenvalue weighted by molar-refractivity contribution is 5.74. The van der Waals surface area contributed by atoms with Crippen LogP contribution < -0.4 is 0 Å². The highest BCUT2D eigenvalue weighted by atomic mass is 16.7. The number of carbonyl (C=O) groups excluding carboxylic acids is 3. The molecular formula is C63H104O12. The predicted molar refractivity (Wildman–Crippen MR) is 303 cm³/mol. The van der Waals surface area contributed by atoms with E-state index in [4.69, 9.17) is 23.7 Å². The molecule has 75 heavy (non-hydrogen) atoms. The number of carboxylic acids is 1. The van der Waals surface area contributed by atoms with Crippen LogP contribution in [0.1, 0.15) is 239 Å². The van der Waals surface area contributed by atoms with E-state index < -0.39 is 67.3 Å². The molecule has 3 N–H and O–H groups in total. The molecule has 1 saturated heterocycles. The van der Waals surface area contributed by atoms with Crippen molar-refractivity contribution in [2.24, 2.45) is 0 Å². The van der Waals surface area contributed by atoms with E-state index >= 15 is 0 Å². The first-order chi connectivity index (χ1) is 36.6. The first-order valence-corrected chi connectivity index (χ1v) is 29.6. The number of carboxylic acid groups (broad SMARTS) is 1. The molecule has 1 fully saturated rings. The molecular weight excluding hydrogens is 949 g/mol. The maximum atomic E-state index is 13.1. The normalized spacial score (nSPS) is 18.8. The third-order valence-corrected chi connectivity index (χ3v) is 13.0. The number of esters is 3. The van der Waals surface area contributed by atoms with Crippen LogP contribution in [-0.2, 0) is 42.9 Å². The number of aliphatic hydroxyl groups is 2. The Bertz CT molecular complexity index is 1630. The Hall–Kier alpha value is -4.10. The quantitative estimate of drug-likeness (QED) is 0.0228. The number of ether oxygens (including phenoxy) is 5. The minimum atomic E-state index is -1.91. The summed E-state index contributed by atoms with van der Waals surface area (Å²) in [6.45, 7) is 5.73. The van der Waals surface area contributed by atoms with E-state index in [9.17, 15) is 34.5 Å². The second-order valence-corrected chi connectivity index (χ2v) is 19.9. The molecule has 1 aliphatic heterocycles. The van der Waals surface area contributed by atoms with E-state index in [1.807, 2.05) is 0 Å². The molecule has 12 heteroatoms. The van der Waals surface area contributed by atoms with Crippen LogP contribution in [0.2, 0.25) is 0 Å². The smallest absolute Gasteiger partial charge is 0.335 e. The van der Waals surface area contributed by atoms with Crippen LogP contribution in [0.15, 0.2) is 85.1 Å². The standard InChI is InChI=1S/C63H104O12/c1-4-7-10-13-16-19-22-24-26-27-28-29-31-32-35-37-40-43-46-49-55(64)71-52-54(73-56(65)50-47-44-41-39-36-33-30-25-23-20-17-14-11-8-5-2)53-72-63-61(59(68)58(67)60(75-63)62(69)70)74-57(66)51-48-45-42-38-34-21-18-15-12-9-6-3/h7-8,10-11,16-17,19-20,24-26,28-30,54,58-61,63,67-68H,4-6,9,12-15,18,21-23,27,31-53H2,1-3H3,(H,69,70)/b10-7-,11-8-,19-16-,20-17-,26-24-,29-28-,30-25-. The first-order valence-electron chi connectivity index (χ1n) is 29.6. The molecule has 0 aromatic heterocycles. The van der Waals surface area contributed by atoms with E-state index in [0.717, 1.165) is 141 Å². The molecule has 428 valence electrons. The van der Waals surface area contributed by atoms with Crippen LogP contribution in [0.25, 0.3) is 0 Å². The van der Waals surface area contributed by atoms with Gasteiger partial charge in [-0.2, -0.15) is 0 Å². The van der Waals surface area contributed by atoms with Gasteiger partial charge in [0.15, 0.2) is 24.6 Å². The highest BCUT2D eigenvalue weighted by Crippen LogP contribution is 2.26. The van der Waals surface area contributed by atoms with E-state index in [-0.39, 0.29) is 25.9 Å². The zero-order valence-electron chi connectivity index (χ0n) is 47.0. The molecule has 0 amide bonds. The molecule has 12 nitrogen and oxygen atoms in total. The summed E-state index contributed by atoms with van der Waals surface area (Å²) < 4.78 is 28.4. The molecule has 0 saturated carbocycles. The van der Waals surface area contributed by atoms with Gasteiger partial charge in [0.2, 0.25) is 0 Å². The number of aliphatic carboxylic acids is 1. The summed E-state index contributed by atoms with van der Waals surface area (Å²) in [5.74, 6) is -3.16. The van der Waals surface area contributed by atoms with Gasteiger partial charge in [-0.1, -0.05) is 215 Å². The summed E-state index contributed by atoms with van der Waals surface area (Å²) >= 11 is 0. The Morgan fingerprint density at radius 1 is 0.453 bits per heavy atom. The van der Waals surface area contributed by atoms with Crippen molar-refractivity contribution in [3.05, 3.63) is 85.1 Å². The molecule has 0 aromatic carbocycles. The summed E-state index contributed by atoms with van der Waals surface area (Å²) in [6, 6.07) is 0. The third kappa shape index (κ3) is 40.8. The van der Waals surface area contributed by atoms with Gasteiger partial charge in [0.1, 0.15) is 18.8 Å².